The normalized spacial score (nSPS) is 16.4. The van der Waals surface area contributed by atoms with E-state index in [9.17, 15) is 4.79 Å². The maximum absolute atomic E-state index is 11.8. The van der Waals surface area contributed by atoms with Gasteiger partial charge in [0.05, 0.1) is 12.2 Å². The van der Waals surface area contributed by atoms with Gasteiger partial charge in [-0.05, 0) is 19.9 Å². The summed E-state index contributed by atoms with van der Waals surface area (Å²) in [5.41, 5.74) is 2.00. The largest absolute Gasteiger partial charge is 0.299 e. The summed E-state index contributed by atoms with van der Waals surface area (Å²) >= 11 is 0. The quantitative estimate of drug-likeness (QED) is 0.795. The number of aryl methyl sites for hydroxylation is 2. The minimum absolute atomic E-state index is 0.0291. The maximum Gasteiger partial charge on any atom is 0.266 e. The molecule has 24 heavy (non-hydrogen) atoms. The molecule has 0 aromatic carbocycles. The number of piperazine rings is 1. The van der Waals surface area contributed by atoms with E-state index in [-0.39, 0.29) is 5.56 Å². The Morgan fingerprint density at radius 1 is 0.958 bits per heavy atom. The first-order chi connectivity index (χ1) is 11.6. The summed E-state index contributed by atoms with van der Waals surface area (Å²) in [4.78, 5) is 25.1. The third-order valence-electron chi connectivity index (χ3n) is 4.33. The molecule has 2 aromatic heterocycles. The van der Waals surface area contributed by atoms with Crippen molar-refractivity contribution in [2.24, 2.45) is 0 Å². The van der Waals surface area contributed by atoms with Crippen LogP contribution in [-0.2, 0) is 13.1 Å². The van der Waals surface area contributed by atoms with Gasteiger partial charge in [0.25, 0.3) is 5.56 Å². The molecule has 0 radical (unpaired) electrons. The molecule has 0 unspecified atom stereocenters. The standard InChI is InChI=1S/C17H24N6O/c1-14-3-4-17(24)23(20-14)10-9-21-5-7-22(8-6-21)13-16-11-18-15(2)19-12-16/h3-4,11-12H,5-10,13H2,1-2H3. The zero-order chi connectivity index (χ0) is 16.9. The average Bonchev–Trinajstić information content (AvgIpc) is 2.59. The maximum atomic E-state index is 11.8. The van der Waals surface area contributed by atoms with E-state index in [1.165, 1.54) is 0 Å². The third-order valence-corrected chi connectivity index (χ3v) is 4.33. The summed E-state index contributed by atoms with van der Waals surface area (Å²) in [5.74, 6) is 0.809. The predicted molar refractivity (Wildman–Crippen MR) is 91.7 cm³/mol. The van der Waals surface area contributed by atoms with Crippen LogP contribution in [0.5, 0.6) is 0 Å². The topological polar surface area (TPSA) is 67.2 Å². The van der Waals surface area contributed by atoms with E-state index in [0.29, 0.717) is 6.54 Å². The molecular weight excluding hydrogens is 304 g/mol. The van der Waals surface area contributed by atoms with Crippen molar-refractivity contribution >= 4 is 0 Å². The molecule has 0 amide bonds. The number of hydrogen-bond acceptors (Lipinski definition) is 6. The summed E-state index contributed by atoms with van der Waals surface area (Å²) in [6.07, 6.45) is 3.81. The fourth-order valence-corrected chi connectivity index (χ4v) is 2.88. The monoisotopic (exact) mass is 328 g/mol. The van der Waals surface area contributed by atoms with E-state index >= 15 is 0 Å². The van der Waals surface area contributed by atoms with Crippen molar-refractivity contribution in [1.82, 2.24) is 29.5 Å². The molecule has 1 saturated heterocycles. The molecule has 0 bridgehead atoms. The van der Waals surface area contributed by atoms with Gasteiger partial charge in [-0.25, -0.2) is 14.6 Å². The molecular formula is C17H24N6O. The van der Waals surface area contributed by atoms with Crippen molar-refractivity contribution in [3.05, 3.63) is 52.0 Å². The number of rotatable bonds is 5. The lowest BCUT2D eigenvalue weighted by molar-refractivity contribution is 0.122. The second-order valence-corrected chi connectivity index (χ2v) is 6.29. The SMILES string of the molecule is Cc1ccc(=O)n(CCN2CCN(Cc3cnc(C)nc3)CC2)n1. The Hall–Kier alpha value is -2.12. The van der Waals surface area contributed by atoms with E-state index in [1.54, 1.807) is 16.8 Å². The Morgan fingerprint density at radius 3 is 2.33 bits per heavy atom. The highest BCUT2D eigenvalue weighted by Crippen LogP contribution is 2.07. The Kier molecular flexibility index (Phi) is 5.32. The molecule has 1 fully saturated rings. The number of nitrogens with zero attached hydrogens (tertiary/aromatic N) is 6. The fraction of sp³-hybridized carbons (Fsp3) is 0.529. The van der Waals surface area contributed by atoms with Crippen LogP contribution in [0.4, 0.5) is 0 Å². The van der Waals surface area contributed by atoms with Crippen LogP contribution in [0.1, 0.15) is 17.1 Å². The Labute approximate surface area is 142 Å². The van der Waals surface area contributed by atoms with Crippen molar-refractivity contribution in [2.45, 2.75) is 26.9 Å². The van der Waals surface area contributed by atoms with Crippen LogP contribution in [-0.4, -0.2) is 62.3 Å². The van der Waals surface area contributed by atoms with Crippen LogP contribution in [0.15, 0.2) is 29.3 Å². The summed E-state index contributed by atoms with van der Waals surface area (Å²) in [7, 11) is 0. The van der Waals surface area contributed by atoms with Crippen LogP contribution in [0.25, 0.3) is 0 Å². The van der Waals surface area contributed by atoms with Crippen LogP contribution >= 0.6 is 0 Å². The van der Waals surface area contributed by atoms with Gasteiger partial charge in [-0.15, -0.1) is 0 Å². The summed E-state index contributed by atoms with van der Waals surface area (Å²) in [6, 6.07) is 3.34. The highest BCUT2D eigenvalue weighted by Gasteiger charge is 2.17. The van der Waals surface area contributed by atoms with Crippen molar-refractivity contribution in [1.29, 1.82) is 0 Å². The summed E-state index contributed by atoms with van der Waals surface area (Å²) < 4.78 is 1.56. The van der Waals surface area contributed by atoms with Crippen LogP contribution in [0.3, 0.4) is 0 Å². The van der Waals surface area contributed by atoms with Gasteiger partial charge < -0.3 is 0 Å². The minimum Gasteiger partial charge on any atom is -0.299 e. The second kappa shape index (κ2) is 7.63. The zero-order valence-corrected chi connectivity index (χ0v) is 14.4. The van der Waals surface area contributed by atoms with Gasteiger partial charge in [-0.3, -0.25) is 14.6 Å². The lowest BCUT2D eigenvalue weighted by Gasteiger charge is -2.34. The molecule has 1 aliphatic rings. The molecule has 1 aliphatic heterocycles. The van der Waals surface area contributed by atoms with Gasteiger partial charge in [-0.1, -0.05) is 0 Å². The van der Waals surface area contributed by atoms with Crippen molar-refractivity contribution in [3.63, 3.8) is 0 Å². The Morgan fingerprint density at radius 2 is 1.62 bits per heavy atom. The first-order valence-electron chi connectivity index (χ1n) is 8.37. The molecule has 3 heterocycles. The van der Waals surface area contributed by atoms with Gasteiger partial charge in [0.2, 0.25) is 0 Å². The average molecular weight is 328 g/mol. The van der Waals surface area contributed by atoms with Crippen molar-refractivity contribution in [2.75, 3.05) is 32.7 Å². The van der Waals surface area contributed by atoms with E-state index in [2.05, 4.69) is 24.9 Å². The third kappa shape index (κ3) is 4.46. The lowest BCUT2D eigenvalue weighted by atomic mass is 10.2. The van der Waals surface area contributed by atoms with Crippen molar-refractivity contribution in [3.8, 4) is 0 Å². The second-order valence-electron chi connectivity index (χ2n) is 6.29. The van der Waals surface area contributed by atoms with E-state index in [4.69, 9.17) is 0 Å². The van der Waals surface area contributed by atoms with E-state index in [1.807, 2.05) is 26.2 Å². The highest BCUT2D eigenvalue weighted by molar-refractivity contribution is 5.04. The Balaban J connectivity index is 1.46. The zero-order valence-electron chi connectivity index (χ0n) is 14.4. The molecule has 0 aliphatic carbocycles. The van der Waals surface area contributed by atoms with Gasteiger partial charge in [0, 0.05) is 63.3 Å². The molecule has 3 rings (SSSR count). The fourth-order valence-electron chi connectivity index (χ4n) is 2.88. The van der Waals surface area contributed by atoms with Crippen molar-refractivity contribution < 1.29 is 0 Å². The molecule has 0 saturated carbocycles. The summed E-state index contributed by atoms with van der Waals surface area (Å²) in [5, 5.41) is 4.29. The smallest absolute Gasteiger partial charge is 0.266 e. The molecule has 7 heteroatoms. The lowest BCUT2D eigenvalue weighted by Crippen LogP contribution is -2.47. The van der Waals surface area contributed by atoms with E-state index in [0.717, 1.165) is 56.4 Å². The van der Waals surface area contributed by atoms with Gasteiger partial charge in [0.15, 0.2) is 0 Å². The molecule has 0 N–H and O–H groups in total. The minimum atomic E-state index is -0.0291. The van der Waals surface area contributed by atoms with Gasteiger partial charge in [0.1, 0.15) is 5.82 Å². The Bertz CT molecular complexity index is 719. The van der Waals surface area contributed by atoms with E-state index < -0.39 is 0 Å². The van der Waals surface area contributed by atoms with Crippen LogP contribution < -0.4 is 5.56 Å². The first-order valence-corrected chi connectivity index (χ1v) is 8.37. The summed E-state index contributed by atoms with van der Waals surface area (Å²) in [6.45, 7) is 10.3. The predicted octanol–water partition coefficient (Wildman–Crippen LogP) is 0.468. The molecule has 7 nitrogen and oxygen atoms in total. The molecule has 2 aromatic rings. The molecule has 128 valence electrons. The molecule has 0 spiro atoms. The van der Waals surface area contributed by atoms with Gasteiger partial charge >= 0.3 is 0 Å². The number of hydrogen-bond donors (Lipinski definition) is 0. The van der Waals surface area contributed by atoms with Gasteiger partial charge in [-0.2, -0.15) is 5.10 Å². The number of aromatic nitrogens is 4. The van der Waals surface area contributed by atoms with Crippen LogP contribution in [0, 0.1) is 13.8 Å². The highest BCUT2D eigenvalue weighted by atomic mass is 16.1. The van der Waals surface area contributed by atoms with Crippen LogP contribution in [0.2, 0.25) is 0 Å². The molecule has 0 atom stereocenters. The first kappa shape index (κ1) is 16.7.